The van der Waals surface area contributed by atoms with Crippen LogP contribution < -0.4 is 4.74 Å². The molecule has 0 aliphatic carbocycles. The highest BCUT2D eigenvalue weighted by Gasteiger charge is 2.27. The number of ether oxygens (including phenoxy) is 1. The second-order valence-corrected chi connectivity index (χ2v) is 4.98. The van der Waals surface area contributed by atoms with Gasteiger partial charge in [-0.05, 0) is 6.07 Å². The van der Waals surface area contributed by atoms with Gasteiger partial charge in [0.05, 0.1) is 7.11 Å². The molecule has 15 heavy (non-hydrogen) atoms. The Hall–Kier alpha value is -0.950. The number of halogens is 3. The van der Waals surface area contributed by atoms with E-state index in [2.05, 4.69) is 9.72 Å². The van der Waals surface area contributed by atoms with Gasteiger partial charge in [-0.3, -0.25) is 0 Å². The van der Waals surface area contributed by atoms with Gasteiger partial charge in [-0.2, -0.15) is 0 Å². The van der Waals surface area contributed by atoms with E-state index >= 15 is 0 Å². The zero-order valence-corrected chi connectivity index (χ0v) is 9.02. The van der Waals surface area contributed by atoms with Gasteiger partial charge < -0.3 is 4.74 Å². The Morgan fingerprint density at radius 2 is 2.13 bits per heavy atom. The van der Waals surface area contributed by atoms with Crippen LogP contribution in [0.3, 0.4) is 0 Å². The molecular formula is C7H6ClF2NO3S. The molecule has 8 heteroatoms. The Morgan fingerprint density at radius 1 is 1.53 bits per heavy atom. The van der Waals surface area contributed by atoms with Gasteiger partial charge in [0.1, 0.15) is 0 Å². The maximum Gasteiger partial charge on any atom is 0.267 e. The van der Waals surface area contributed by atoms with Gasteiger partial charge in [0, 0.05) is 22.4 Å². The summed E-state index contributed by atoms with van der Waals surface area (Å²) in [6.07, 6.45) is -1.95. The maximum atomic E-state index is 12.5. The predicted octanol–water partition coefficient (Wildman–Crippen LogP) is 1.96. The molecular weight excluding hydrogens is 252 g/mol. The van der Waals surface area contributed by atoms with E-state index < -0.39 is 31.8 Å². The standard InChI is InChI=1S/C7H6ClF2NO3S/c1-14-7-5(15(8,12)13)4(6(9)10)2-3-11-7/h2-3,6H,1H3. The van der Waals surface area contributed by atoms with Crippen LogP contribution in [-0.2, 0) is 9.05 Å². The molecule has 0 aliphatic heterocycles. The van der Waals surface area contributed by atoms with E-state index in [0.29, 0.717) is 0 Å². The molecule has 0 aromatic carbocycles. The Bertz CT molecular complexity index is 463. The summed E-state index contributed by atoms with van der Waals surface area (Å²) in [5.74, 6) is -0.442. The molecule has 1 aromatic rings. The minimum Gasteiger partial charge on any atom is -0.480 e. The highest BCUT2D eigenvalue weighted by atomic mass is 35.7. The van der Waals surface area contributed by atoms with Crippen LogP contribution in [0.4, 0.5) is 8.78 Å². The number of pyridine rings is 1. The van der Waals surface area contributed by atoms with Crippen molar-refractivity contribution in [3.63, 3.8) is 0 Å². The van der Waals surface area contributed by atoms with Crippen LogP contribution >= 0.6 is 10.7 Å². The first kappa shape index (κ1) is 12.1. The van der Waals surface area contributed by atoms with Crippen LogP contribution in [-0.4, -0.2) is 20.5 Å². The highest BCUT2D eigenvalue weighted by Crippen LogP contribution is 2.33. The van der Waals surface area contributed by atoms with Gasteiger partial charge in [-0.1, -0.05) is 0 Å². The minimum atomic E-state index is -4.32. The molecule has 0 atom stereocenters. The van der Waals surface area contributed by atoms with Gasteiger partial charge in [0.15, 0.2) is 4.90 Å². The Balaban J connectivity index is 3.55. The summed E-state index contributed by atoms with van der Waals surface area (Å²) in [7, 11) is 1.81. The lowest BCUT2D eigenvalue weighted by molar-refractivity contribution is 0.147. The van der Waals surface area contributed by atoms with E-state index in [9.17, 15) is 17.2 Å². The first-order valence-corrected chi connectivity index (χ1v) is 5.94. The summed E-state index contributed by atoms with van der Waals surface area (Å²) < 4.78 is 51.6. The van der Waals surface area contributed by atoms with Crippen molar-refractivity contribution >= 4 is 19.7 Å². The van der Waals surface area contributed by atoms with Crippen LogP contribution in [0.15, 0.2) is 17.2 Å². The summed E-state index contributed by atoms with van der Waals surface area (Å²) in [5, 5.41) is 0. The lowest BCUT2D eigenvalue weighted by atomic mass is 10.3. The maximum absolute atomic E-state index is 12.5. The van der Waals surface area contributed by atoms with Crippen molar-refractivity contribution in [2.75, 3.05) is 7.11 Å². The first-order valence-electron chi connectivity index (χ1n) is 3.63. The van der Waals surface area contributed by atoms with Crippen molar-refractivity contribution in [1.82, 2.24) is 4.98 Å². The van der Waals surface area contributed by atoms with E-state index in [1.165, 1.54) is 0 Å². The minimum absolute atomic E-state index is 0.442. The van der Waals surface area contributed by atoms with Crippen molar-refractivity contribution in [2.24, 2.45) is 0 Å². The Kier molecular flexibility index (Phi) is 3.46. The van der Waals surface area contributed by atoms with Gasteiger partial charge in [0.25, 0.3) is 15.5 Å². The summed E-state index contributed by atoms with van der Waals surface area (Å²) in [6, 6.07) is 0.877. The zero-order chi connectivity index (χ0) is 11.6. The molecule has 0 aliphatic rings. The van der Waals surface area contributed by atoms with E-state index in [1.54, 1.807) is 0 Å². The quantitative estimate of drug-likeness (QED) is 0.777. The lowest BCUT2D eigenvalue weighted by Gasteiger charge is -2.08. The highest BCUT2D eigenvalue weighted by molar-refractivity contribution is 8.13. The van der Waals surface area contributed by atoms with Gasteiger partial charge in [0.2, 0.25) is 5.88 Å². The molecule has 1 rings (SSSR count). The third-order valence-corrected chi connectivity index (χ3v) is 2.94. The smallest absolute Gasteiger partial charge is 0.267 e. The topological polar surface area (TPSA) is 56.3 Å². The molecule has 0 saturated carbocycles. The van der Waals surface area contributed by atoms with E-state index in [4.69, 9.17) is 10.7 Å². The predicted molar refractivity (Wildman–Crippen MR) is 48.8 cm³/mol. The molecule has 0 saturated heterocycles. The number of aromatic nitrogens is 1. The van der Waals surface area contributed by atoms with E-state index in [0.717, 1.165) is 19.4 Å². The van der Waals surface area contributed by atoms with Crippen molar-refractivity contribution in [3.8, 4) is 5.88 Å². The summed E-state index contributed by atoms with van der Waals surface area (Å²) in [5.41, 5.74) is -0.725. The molecule has 4 nitrogen and oxygen atoms in total. The number of nitrogens with zero attached hydrogens (tertiary/aromatic N) is 1. The van der Waals surface area contributed by atoms with Crippen LogP contribution in [0, 0.1) is 0 Å². The monoisotopic (exact) mass is 257 g/mol. The second kappa shape index (κ2) is 4.28. The molecule has 1 aromatic heterocycles. The number of alkyl halides is 2. The fourth-order valence-corrected chi connectivity index (χ4v) is 2.25. The fourth-order valence-electron chi connectivity index (χ4n) is 1.01. The van der Waals surface area contributed by atoms with Crippen LogP contribution in [0.1, 0.15) is 12.0 Å². The molecule has 0 amide bonds. The van der Waals surface area contributed by atoms with Gasteiger partial charge in [-0.15, -0.1) is 0 Å². The molecule has 0 fully saturated rings. The molecule has 0 N–H and O–H groups in total. The molecule has 0 spiro atoms. The third-order valence-electron chi connectivity index (χ3n) is 1.57. The zero-order valence-electron chi connectivity index (χ0n) is 7.45. The third kappa shape index (κ3) is 2.54. The van der Waals surface area contributed by atoms with Crippen molar-refractivity contribution in [3.05, 3.63) is 17.8 Å². The van der Waals surface area contributed by atoms with Crippen LogP contribution in [0.2, 0.25) is 0 Å². The molecule has 0 radical (unpaired) electrons. The van der Waals surface area contributed by atoms with E-state index in [-0.39, 0.29) is 0 Å². The largest absolute Gasteiger partial charge is 0.480 e. The second-order valence-electron chi connectivity index (χ2n) is 2.48. The number of hydrogen-bond acceptors (Lipinski definition) is 4. The van der Waals surface area contributed by atoms with Crippen LogP contribution in [0.25, 0.3) is 0 Å². The van der Waals surface area contributed by atoms with Crippen LogP contribution in [0.5, 0.6) is 5.88 Å². The Labute approximate surface area is 89.3 Å². The summed E-state index contributed by atoms with van der Waals surface area (Å²) in [6.45, 7) is 0. The average molecular weight is 258 g/mol. The first-order chi connectivity index (χ1) is 6.88. The fraction of sp³-hybridized carbons (Fsp3) is 0.286. The number of methoxy groups -OCH3 is 1. The van der Waals surface area contributed by atoms with Crippen molar-refractivity contribution < 1.29 is 21.9 Å². The number of rotatable bonds is 3. The lowest BCUT2D eigenvalue weighted by Crippen LogP contribution is -2.03. The van der Waals surface area contributed by atoms with Crippen molar-refractivity contribution in [1.29, 1.82) is 0 Å². The summed E-state index contributed by atoms with van der Waals surface area (Å²) >= 11 is 0. The number of hydrogen-bond donors (Lipinski definition) is 0. The normalized spacial score (nSPS) is 11.8. The van der Waals surface area contributed by atoms with Crippen molar-refractivity contribution in [2.45, 2.75) is 11.3 Å². The van der Waals surface area contributed by atoms with Gasteiger partial charge in [-0.25, -0.2) is 22.2 Å². The molecule has 0 bridgehead atoms. The van der Waals surface area contributed by atoms with Gasteiger partial charge >= 0.3 is 0 Å². The molecule has 1 heterocycles. The van der Waals surface area contributed by atoms with E-state index in [1.807, 2.05) is 0 Å². The molecule has 84 valence electrons. The molecule has 0 unspecified atom stereocenters. The Morgan fingerprint density at radius 3 is 2.53 bits per heavy atom. The average Bonchev–Trinajstić information content (AvgIpc) is 2.15. The summed E-state index contributed by atoms with van der Waals surface area (Å²) in [4.78, 5) is 2.70. The SMILES string of the molecule is COc1nccc(C(F)F)c1S(=O)(=O)Cl.